The van der Waals surface area contributed by atoms with Crippen molar-refractivity contribution in [3.8, 4) is 0 Å². The maximum Gasteiger partial charge on any atom is 0.324 e. The molecule has 0 heterocycles. The minimum atomic E-state index is -4.21. The van der Waals surface area contributed by atoms with E-state index in [0.29, 0.717) is 11.3 Å². The Hall–Kier alpha value is -1.79. The largest absolute Gasteiger partial charge is 0.399 e. The summed E-state index contributed by atoms with van der Waals surface area (Å²) in [5.41, 5.74) is 6.84. The van der Waals surface area contributed by atoms with Gasteiger partial charge in [-0.1, -0.05) is 18.2 Å². The molecule has 19 heavy (non-hydrogen) atoms. The molecule has 0 saturated carbocycles. The average molecular weight is 278 g/mol. The van der Waals surface area contributed by atoms with E-state index >= 15 is 0 Å². The Balaban J connectivity index is 2.39. The number of nitrogen functional groups attached to an aromatic ring is 1. The third-order valence-electron chi connectivity index (χ3n) is 2.52. The van der Waals surface area contributed by atoms with Crippen LogP contribution in [0.25, 0.3) is 0 Å². The minimum absolute atomic E-state index is 0.0898. The van der Waals surface area contributed by atoms with Gasteiger partial charge in [0.15, 0.2) is 0 Å². The second-order valence-corrected chi connectivity index (χ2v) is 4.04. The zero-order chi connectivity index (χ0) is 14.5. The van der Waals surface area contributed by atoms with Gasteiger partial charge in [0.2, 0.25) is 5.91 Å². The van der Waals surface area contributed by atoms with Crippen LogP contribution in [0.1, 0.15) is 12.0 Å². The van der Waals surface area contributed by atoms with Gasteiger partial charge in [0.1, 0.15) is 0 Å². The lowest BCUT2D eigenvalue weighted by atomic mass is 10.1. The number of halogens is 4. The van der Waals surface area contributed by atoms with E-state index in [4.69, 9.17) is 5.73 Å². The van der Waals surface area contributed by atoms with E-state index in [1.165, 1.54) is 0 Å². The molecule has 0 unspecified atom stereocenters. The van der Waals surface area contributed by atoms with E-state index in [9.17, 15) is 22.4 Å². The summed E-state index contributed by atoms with van der Waals surface area (Å²) in [6, 6.07) is 6.81. The first kappa shape index (κ1) is 15.3. The van der Waals surface area contributed by atoms with Gasteiger partial charge in [-0.3, -0.25) is 4.79 Å². The van der Waals surface area contributed by atoms with Gasteiger partial charge in [-0.05, 0) is 18.1 Å². The number of anilines is 1. The van der Waals surface area contributed by atoms with Crippen LogP contribution in [0.2, 0.25) is 0 Å². The van der Waals surface area contributed by atoms with E-state index < -0.39 is 24.8 Å². The van der Waals surface area contributed by atoms with Crippen molar-refractivity contribution >= 4 is 11.6 Å². The highest BCUT2D eigenvalue weighted by Gasteiger charge is 2.40. The van der Waals surface area contributed by atoms with Crippen molar-refractivity contribution in [3.05, 3.63) is 29.8 Å². The summed E-state index contributed by atoms with van der Waals surface area (Å²) >= 11 is 0. The monoisotopic (exact) mass is 278 g/mol. The number of benzene rings is 1. The molecule has 0 spiro atoms. The first-order valence-electron chi connectivity index (χ1n) is 5.59. The number of nitrogens with one attached hydrogen (secondary N) is 1. The van der Waals surface area contributed by atoms with Gasteiger partial charge in [0, 0.05) is 12.1 Å². The summed E-state index contributed by atoms with van der Waals surface area (Å²) in [5, 5.41) is 1.78. The number of aryl methyl sites for hydroxylation is 1. The topological polar surface area (TPSA) is 55.1 Å². The Morgan fingerprint density at radius 3 is 2.53 bits per heavy atom. The minimum Gasteiger partial charge on any atom is -0.399 e. The zero-order valence-corrected chi connectivity index (χ0v) is 10.0. The van der Waals surface area contributed by atoms with Crippen molar-refractivity contribution in [1.82, 2.24) is 5.32 Å². The quantitative estimate of drug-likeness (QED) is 0.619. The summed E-state index contributed by atoms with van der Waals surface area (Å²) in [7, 11) is 0. The van der Waals surface area contributed by atoms with Crippen molar-refractivity contribution in [2.24, 2.45) is 0 Å². The van der Waals surface area contributed by atoms with E-state index in [1.807, 2.05) is 0 Å². The molecule has 0 atom stereocenters. The molecule has 0 aliphatic rings. The lowest BCUT2D eigenvalue weighted by molar-refractivity contribution is -0.136. The zero-order valence-electron chi connectivity index (χ0n) is 10.0. The van der Waals surface area contributed by atoms with E-state index in [2.05, 4.69) is 0 Å². The third-order valence-corrected chi connectivity index (χ3v) is 2.52. The molecule has 0 bridgehead atoms. The fourth-order valence-corrected chi connectivity index (χ4v) is 1.39. The molecule has 1 aromatic carbocycles. The Morgan fingerprint density at radius 1 is 1.32 bits per heavy atom. The number of amides is 1. The molecule has 0 aliphatic heterocycles. The molecule has 1 aromatic rings. The second-order valence-electron chi connectivity index (χ2n) is 4.04. The molecule has 3 nitrogen and oxygen atoms in total. The van der Waals surface area contributed by atoms with Gasteiger partial charge >= 0.3 is 12.3 Å². The number of hydrogen-bond donors (Lipinski definition) is 2. The number of rotatable bonds is 6. The number of para-hydroxylation sites is 1. The number of carbonyl (C=O) groups excluding carboxylic acids is 1. The lowest BCUT2D eigenvalue weighted by Gasteiger charge is -2.15. The standard InChI is InChI=1S/C12H14F4N2O/c13-11(14)12(15,16)7-18-10(19)6-5-8-3-1-2-4-9(8)17/h1-4,11H,5-7,17H2,(H,18,19). The van der Waals surface area contributed by atoms with Crippen molar-refractivity contribution in [3.63, 3.8) is 0 Å². The van der Waals surface area contributed by atoms with Gasteiger partial charge in [0.25, 0.3) is 0 Å². The fourth-order valence-electron chi connectivity index (χ4n) is 1.39. The molecular formula is C12H14F4N2O. The second kappa shape index (κ2) is 6.40. The van der Waals surface area contributed by atoms with Crippen molar-refractivity contribution in [2.45, 2.75) is 25.2 Å². The summed E-state index contributed by atoms with van der Waals surface area (Å²) in [6.07, 6.45) is -3.62. The van der Waals surface area contributed by atoms with Gasteiger partial charge in [-0.15, -0.1) is 0 Å². The molecule has 7 heteroatoms. The van der Waals surface area contributed by atoms with E-state index in [-0.39, 0.29) is 12.8 Å². The predicted octanol–water partition coefficient (Wildman–Crippen LogP) is 2.22. The summed E-state index contributed by atoms with van der Waals surface area (Å²) < 4.78 is 48.8. The number of alkyl halides is 4. The third kappa shape index (κ3) is 4.76. The molecule has 1 amide bonds. The van der Waals surface area contributed by atoms with Crippen molar-refractivity contribution < 1.29 is 22.4 Å². The van der Waals surface area contributed by atoms with Crippen molar-refractivity contribution in [1.29, 1.82) is 0 Å². The molecule has 0 radical (unpaired) electrons. The Labute approximate surface area is 107 Å². The molecule has 0 saturated heterocycles. The molecule has 3 N–H and O–H groups in total. The van der Waals surface area contributed by atoms with Crippen LogP contribution in [0.4, 0.5) is 23.2 Å². The molecule has 1 rings (SSSR count). The Bertz CT molecular complexity index is 437. The van der Waals surface area contributed by atoms with Crippen LogP contribution in [0, 0.1) is 0 Å². The highest BCUT2D eigenvalue weighted by molar-refractivity contribution is 5.76. The number of carbonyl (C=O) groups is 1. The maximum absolute atomic E-state index is 12.5. The summed E-state index contributed by atoms with van der Waals surface area (Å²) in [6.45, 7) is -1.37. The maximum atomic E-state index is 12.5. The predicted molar refractivity (Wildman–Crippen MR) is 63.1 cm³/mol. The van der Waals surface area contributed by atoms with Crippen molar-refractivity contribution in [2.75, 3.05) is 12.3 Å². The van der Waals surface area contributed by atoms with Crippen LogP contribution in [-0.4, -0.2) is 24.8 Å². The Kier molecular flexibility index (Phi) is 5.14. The van der Waals surface area contributed by atoms with Crippen LogP contribution in [-0.2, 0) is 11.2 Å². The highest BCUT2D eigenvalue weighted by Crippen LogP contribution is 2.21. The van der Waals surface area contributed by atoms with Gasteiger partial charge in [0.05, 0.1) is 6.54 Å². The van der Waals surface area contributed by atoms with Crippen LogP contribution in [0.5, 0.6) is 0 Å². The number of hydrogen-bond acceptors (Lipinski definition) is 2. The number of nitrogens with two attached hydrogens (primary N) is 1. The van der Waals surface area contributed by atoms with Crippen LogP contribution in [0.3, 0.4) is 0 Å². The molecule has 0 fully saturated rings. The van der Waals surface area contributed by atoms with E-state index in [1.54, 1.807) is 29.6 Å². The SMILES string of the molecule is Nc1ccccc1CCC(=O)NCC(F)(F)C(F)F. The normalized spacial score (nSPS) is 11.6. The van der Waals surface area contributed by atoms with E-state index in [0.717, 1.165) is 0 Å². The summed E-state index contributed by atoms with van der Waals surface area (Å²) in [5.74, 6) is -4.93. The fraction of sp³-hybridized carbons (Fsp3) is 0.417. The summed E-state index contributed by atoms with van der Waals surface area (Å²) in [4.78, 5) is 11.3. The van der Waals surface area contributed by atoms with Crippen LogP contribution in [0.15, 0.2) is 24.3 Å². The average Bonchev–Trinajstić information content (AvgIpc) is 2.35. The van der Waals surface area contributed by atoms with Crippen LogP contribution >= 0.6 is 0 Å². The highest BCUT2D eigenvalue weighted by atomic mass is 19.3. The Morgan fingerprint density at radius 2 is 1.95 bits per heavy atom. The molecule has 0 aromatic heterocycles. The first-order chi connectivity index (χ1) is 8.83. The molecule has 106 valence electrons. The first-order valence-corrected chi connectivity index (χ1v) is 5.59. The smallest absolute Gasteiger partial charge is 0.324 e. The van der Waals surface area contributed by atoms with Gasteiger partial charge < -0.3 is 11.1 Å². The molecular weight excluding hydrogens is 264 g/mol. The van der Waals surface area contributed by atoms with Gasteiger partial charge in [-0.25, -0.2) is 8.78 Å². The van der Waals surface area contributed by atoms with Gasteiger partial charge in [-0.2, -0.15) is 8.78 Å². The lowest BCUT2D eigenvalue weighted by Crippen LogP contribution is -2.41. The molecule has 0 aliphatic carbocycles. The van der Waals surface area contributed by atoms with Crippen LogP contribution < -0.4 is 11.1 Å².